The third-order valence-electron chi connectivity index (χ3n) is 3.78. The molecule has 9 heteroatoms. The number of amides is 2. The van der Waals surface area contributed by atoms with Crippen LogP contribution in [0.15, 0.2) is 10.6 Å². The summed E-state index contributed by atoms with van der Waals surface area (Å²) in [6.45, 7) is 2.10. The highest BCUT2D eigenvalue weighted by molar-refractivity contribution is 7.91. The minimum Gasteiger partial charge on any atom is -0.395 e. The van der Waals surface area contributed by atoms with E-state index in [0.29, 0.717) is 12.2 Å². The second-order valence-electron chi connectivity index (χ2n) is 5.67. The molecule has 2 rings (SSSR count). The van der Waals surface area contributed by atoms with Gasteiger partial charge in [-0.2, -0.15) is 0 Å². The molecule has 1 aromatic rings. The van der Waals surface area contributed by atoms with Crippen LogP contribution in [0.3, 0.4) is 0 Å². The van der Waals surface area contributed by atoms with Crippen LogP contribution in [0.1, 0.15) is 31.2 Å². The molecule has 1 saturated heterocycles. The van der Waals surface area contributed by atoms with E-state index in [-0.39, 0.29) is 31.2 Å². The van der Waals surface area contributed by atoms with Crippen molar-refractivity contribution in [2.45, 2.75) is 38.8 Å². The molecular formula is C14H23N3O5S. The van der Waals surface area contributed by atoms with E-state index >= 15 is 0 Å². The lowest BCUT2D eigenvalue weighted by Crippen LogP contribution is -2.47. The predicted octanol–water partition coefficient (Wildman–Crippen LogP) is 0.318. The first kappa shape index (κ1) is 17.7. The van der Waals surface area contributed by atoms with Crippen molar-refractivity contribution in [3.05, 3.63) is 17.5 Å². The van der Waals surface area contributed by atoms with Crippen molar-refractivity contribution in [2.75, 3.05) is 24.7 Å². The lowest BCUT2D eigenvalue weighted by atomic mass is 10.2. The number of rotatable bonds is 7. The zero-order valence-corrected chi connectivity index (χ0v) is 14.0. The van der Waals surface area contributed by atoms with Crippen LogP contribution in [0.4, 0.5) is 4.79 Å². The van der Waals surface area contributed by atoms with Crippen molar-refractivity contribution in [1.82, 2.24) is 15.4 Å². The van der Waals surface area contributed by atoms with E-state index < -0.39 is 21.9 Å². The van der Waals surface area contributed by atoms with Crippen molar-refractivity contribution in [3.8, 4) is 0 Å². The Bertz CT molecular complexity index is 628. The molecule has 0 aromatic carbocycles. The summed E-state index contributed by atoms with van der Waals surface area (Å²) >= 11 is 0. The van der Waals surface area contributed by atoms with Crippen LogP contribution in [0, 0.1) is 0 Å². The van der Waals surface area contributed by atoms with Gasteiger partial charge in [-0.3, -0.25) is 0 Å². The van der Waals surface area contributed by atoms with Crippen LogP contribution in [-0.2, 0) is 22.8 Å². The smallest absolute Gasteiger partial charge is 0.318 e. The molecule has 2 N–H and O–H groups in total. The Hall–Kier alpha value is -1.61. The summed E-state index contributed by atoms with van der Waals surface area (Å²) in [5.74, 6) is 0.573. The predicted molar refractivity (Wildman–Crippen MR) is 83.6 cm³/mol. The Morgan fingerprint density at radius 3 is 2.96 bits per heavy atom. The van der Waals surface area contributed by atoms with Crippen molar-refractivity contribution < 1.29 is 22.8 Å². The lowest BCUT2D eigenvalue weighted by molar-refractivity contribution is 0.156. The van der Waals surface area contributed by atoms with Crippen LogP contribution >= 0.6 is 0 Å². The fourth-order valence-corrected chi connectivity index (χ4v) is 4.39. The molecule has 0 unspecified atom stereocenters. The van der Waals surface area contributed by atoms with Crippen LogP contribution in [0.2, 0.25) is 0 Å². The third kappa shape index (κ3) is 4.93. The molecule has 1 atom stereocenters. The van der Waals surface area contributed by atoms with Gasteiger partial charge >= 0.3 is 6.03 Å². The van der Waals surface area contributed by atoms with Gasteiger partial charge in [0.25, 0.3) is 0 Å². The van der Waals surface area contributed by atoms with E-state index in [2.05, 4.69) is 10.5 Å². The number of hydrogen-bond acceptors (Lipinski definition) is 6. The SMILES string of the molecule is CCCc1cc(CNC(=O)N(CCO)[C@H]2CCS(=O)(=O)C2)on1. The number of aromatic nitrogens is 1. The largest absolute Gasteiger partial charge is 0.395 e. The normalized spacial score (nSPS) is 19.7. The van der Waals surface area contributed by atoms with Gasteiger partial charge < -0.3 is 19.8 Å². The summed E-state index contributed by atoms with van der Waals surface area (Å²) in [5, 5.41) is 15.7. The summed E-state index contributed by atoms with van der Waals surface area (Å²) in [7, 11) is -3.09. The quantitative estimate of drug-likeness (QED) is 0.736. The highest BCUT2D eigenvalue weighted by Gasteiger charge is 2.34. The number of nitrogens with one attached hydrogen (secondary N) is 1. The van der Waals surface area contributed by atoms with Gasteiger partial charge in [-0.05, 0) is 12.8 Å². The van der Waals surface area contributed by atoms with Crippen LogP contribution in [0.5, 0.6) is 0 Å². The maximum Gasteiger partial charge on any atom is 0.318 e. The Kier molecular flexibility index (Phi) is 6.00. The molecule has 1 fully saturated rings. The molecule has 2 amide bonds. The van der Waals surface area contributed by atoms with Crippen LogP contribution in [0.25, 0.3) is 0 Å². The summed E-state index contributed by atoms with van der Waals surface area (Å²) in [4.78, 5) is 13.7. The first-order chi connectivity index (χ1) is 10.9. The maximum atomic E-state index is 12.3. The van der Waals surface area contributed by atoms with E-state index in [0.717, 1.165) is 18.5 Å². The molecule has 2 heterocycles. The van der Waals surface area contributed by atoms with Gasteiger partial charge in [-0.15, -0.1) is 0 Å². The van der Waals surface area contributed by atoms with Gasteiger partial charge in [-0.1, -0.05) is 18.5 Å². The minimum absolute atomic E-state index is 0.0522. The molecule has 1 aliphatic heterocycles. The zero-order valence-electron chi connectivity index (χ0n) is 13.2. The molecule has 1 aromatic heterocycles. The minimum atomic E-state index is -3.09. The van der Waals surface area contributed by atoms with Crippen molar-refractivity contribution in [2.24, 2.45) is 0 Å². The molecule has 0 radical (unpaired) electrons. The molecule has 1 aliphatic rings. The van der Waals surface area contributed by atoms with Gasteiger partial charge in [0, 0.05) is 18.7 Å². The maximum absolute atomic E-state index is 12.3. The number of sulfone groups is 1. The number of urea groups is 1. The molecule has 0 spiro atoms. The van der Waals surface area contributed by atoms with Gasteiger partial charge in [0.2, 0.25) is 0 Å². The van der Waals surface area contributed by atoms with E-state index in [1.165, 1.54) is 4.90 Å². The van der Waals surface area contributed by atoms with Crippen LogP contribution < -0.4 is 5.32 Å². The van der Waals surface area contributed by atoms with E-state index in [9.17, 15) is 13.2 Å². The van der Waals surface area contributed by atoms with Gasteiger partial charge in [0.15, 0.2) is 15.6 Å². The van der Waals surface area contributed by atoms with Crippen molar-refractivity contribution in [1.29, 1.82) is 0 Å². The lowest BCUT2D eigenvalue weighted by Gasteiger charge is -2.27. The first-order valence-corrected chi connectivity index (χ1v) is 9.57. The second-order valence-corrected chi connectivity index (χ2v) is 7.90. The number of nitrogens with zero attached hydrogens (tertiary/aromatic N) is 2. The highest BCUT2D eigenvalue weighted by atomic mass is 32.2. The van der Waals surface area contributed by atoms with E-state index in [1.807, 2.05) is 6.92 Å². The fourth-order valence-electron chi connectivity index (χ4n) is 2.66. The number of carbonyl (C=O) groups is 1. The topological polar surface area (TPSA) is 113 Å². The molecule has 0 bridgehead atoms. The van der Waals surface area contributed by atoms with Gasteiger partial charge in [0.05, 0.1) is 30.4 Å². The molecular weight excluding hydrogens is 322 g/mol. The molecule has 0 saturated carbocycles. The fraction of sp³-hybridized carbons (Fsp3) is 0.714. The average molecular weight is 345 g/mol. The number of carbonyl (C=O) groups excluding carboxylic acids is 1. The zero-order chi connectivity index (χ0) is 16.9. The summed E-state index contributed by atoms with van der Waals surface area (Å²) in [6, 6.07) is 0.993. The third-order valence-corrected chi connectivity index (χ3v) is 5.53. The monoisotopic (exact) mass is 345 g/mol. The number of hydrogen-bond donors (Lipinski definition) is 2. The Labute approximate surface area is 135 Å². The average Bonchev–Trinajstić information content (AvgIpc) is 3.09. The first-order valence-electron chi connectivity index (χ1n) is 7.75. The number of aliphatic hydroxyl groups is 1. The second kappa shape index (κ2) is 7.78. The summed E-state index contributed by atoms with van der Waals surface area (Å²) < 4.78 is 28.3. The Morgan fingerprint density at radius 2 is 2.35 bits per heavy atom. The summed E-state index contributed by atoms with van der Waals surface area (Å²) in [5.41, 5.74) is 0.839. The van der Waals surface area contributed by atoms with E-state index in [4.69, 9.17) is 9.63 Å². The molecule has 130 valence electrons. The van der Waals surface area contributed by atoms with E-state index in [1.54, 1.807) is 6.07 Å². The number of aliphatic hydroxyl groups excluding tert-OH is 1. The van der Waals surface area contributed by atoms with Crippen molar-refractivity contribution in [3.63, 3.8) is 0 Å². The summed E-state index contributed by atoms with van der Waals surface area (Å²) in [6.07, 6.45) is 2.17. The van der Waals surface area contributed by atoms with Gasteiger partial charge in [-0.25, -0.2) is 13.2 Å². The van der Waals surface area contributed by atoms with Gasteiger partial charge in [0.1, 0.15) is 0 Å². The Balaban J connectivity index is 1.92. The number of aryl methyl sites for hydroxylation is 1. The highest BCUT2D eigenvalue weighted by Crippen LogP contribution is 2.18. The van der Waals surface area contributed by atoms with Crippen molar-refractivity contribution >= 4 is 15.9 Å². The molecule has 8 nitrogen and oxygen atoms in total. The molecule has 23 heavy (non-hydrogen) atoms. The Morgan fingerprint density at radius 1 is 1.57 bits per heavy atom. The van der Waals surface area contributed by atoms with Crippen LogP contribution in [-0.4, -0.2) is 60.3 Å². The molecule has 0 aliphatic carbocycles. The standard InChI is InChI=1S/C14H23N3O5S/c1-2-3-11-8-13(22-16-11)9-15-14(19)17(5-6-18)12-4-7-23(20,21)10-12/h8,12,18H,2-7,9-10H2,1H3,(H,15,19)/t12-/m0/s1.